The summed E-state index contributed by atoms with van der Waals surface area (Å²) in [5.74, 6) is 0.152. The van der Waals surface area contributed by atoms with Gasteiger partial charge in [-0.3, -0.25) is 14.9 Å². The maximum atomic E-state index is 11.4. The monoisotopic (exact) mass is 424 g/mol. The standard InChI is InChI=1S/C22H28N6O3/c1-14-17-6-3-15(21(29)30)13-18(17)26-20(25-16-4-5-16)19(14)27-22(23-2)24-7-8-28-9-11-31-12-10-28/h3,6,13,16H,1,4-5,7-12H2,2H3,(H,23,24)(H,25,26)(H,29,30). The highest BCUT2D eigenvalue weighted by Crippen LogP contribution is 2.32. The second kappa shape index (κ2) is 9.40. The number of guanidine groups is 1. The molecule has 0 amide bonds. The molecule has 0 atom stereocenters. The highest BCUT2D eigenvalue weighted by Gasteiger charge is 2.29. The number of nitrogens with one attached hydrogen (secondary N) is 2. The van der Waals surface area contributed by atoms with E-state index in [0.29, 0.717) is 28.8 Å². The fourth-order valence-corrected chi connectivity index (χ4v) is 3.53. The second-order valence-electron chi connectivity index (χ2n) is 7.77. The van der Waals surface area contributed by atoms with Crippen molar-refractivity contribution < 1.29 is 14.6 Å². The number of rotatable bonds is 5. The molecule has 1 saturated carbocycles. The lowest BCUT2D eigenvalue weighted by molar-refractivity contribution is 0.0389. The van der Waals surface area contributed by atoms with Gasteiger partial charge in [0.25, 0.3) is 0 Å². The first-order valence-corrected chi connectivity index (χ1v) is 10.6. The topological polar surface area (TPSA) is 111 Å². The van der Waals surface area contributed by atoms with Crippen LogP contribution < -0.4 is 10.6 Å². The number of carbonyl (C=O) groups is 1. The third-order valence-electron chi connectivity index (χ3n) is 5.46. The minimum absolute atomic E-state index is 0.214. The van der Waals surface area contributed by atoms with Gasteiger partial charge < -0.3 is 20.5 Å². The lowest BCUT2D eigenvalue weighted by Gasteiger charge is -2.27. The van der Waals surface area contributed by atoms with Gasteiger partial charge in [-0.2, -0.15) is 0 Å². The molecule has 0 radical (unpaired) electrons. The van der Waals surface area contributed by atoms with Gasteiger partial charge in [0.05, 0.1) is 24.8 Å². The Bertz CT molecular complexity index is 958. The third kappa shape index (κ3) is 5.18. The molecule has 0 aromatic heterocycles. The average molecular weight is 425 g/mol. The largest absolute Gasteiger partial charge is 0.478 e. The molecular formula is C22H28N6O3. The molecule has 0 unspecified atom stereocenters. The zero-order valence-corrected chi connectivity index (χ0v) is 17.7. The molecule has 9 heteroatoms. The van der Waals surface area contributed by atoms with Gasteiger partial charge in [0, 0.05) is 50.1 Å². The SMILES string of the molecule is C=C1C(=NC(=NC)NCCN2CCOCC2)C(=NC2CC2)Nc2cc(C(=O)O)ccc21. The number of ether oxygens (including phenoxy) is 1. The Morgan fingerprint density at radius 2 is 2.13 bits per heavy atom. The van der Waals surface area contributed by atoms with E-state index in [1.165, 1.54) is 0 Å². The first-order valence-electron chi connectivity index (χ1n) is 10.6. The van der Waals surface area contributed by atoms with Crippen molar-refractivity contribution in [1.29, 1.82) is 0 Å². The number of benzene rings is 1. The van der Waals surface area contributed by atoms with Gasteiger partial charge in [0.15, 0.2) is 5.84 Å². The summed E-state index contributed by atoms with van der Waals surface area (Å²) < 4.78 is 5.39. The summed E-state index contributed by atoms with van der Waals surface area (Å²) in [6, 6.07) is 5.20. The molecule has 1 aliphatic carbocycles. The normalized spacial score (nSPS) is 22.4. The number of anilines is 1. The first-order chi connectivity index (χ1) is 15.0. The number of nitrogens with zero attached hydrogens (tertiary/aromatic N) is 4. The van der Waals surface area contributed by atoms with Crippen LogP contribution >= 0.6 is 0 Å². The van der Waals surface area contributed by atoms with Crippen LogP contribution in [-0.4, -0.2) is 86.0 Å². The van der Waals surface area contributed by atoms with E-state index >= 15 is 0 Å². The van der Waals surface area contributed by atoms with E-state index in [0.717, 1.165) is 57.8 Å². The van der Waals surface area contributed by atoms with E-state index in [2.05, 4.69) is 27.1 Å². The molecule has 1 saturated heterocycles. The van der Waals surface area contributed by atoms with Crippen LogP contribution in [0.1, 0.15) is 28.8 Å². The lowest BCUT2D eigenvalue weighted by atomic mass is 9.94. The van der Waals surface area contributed by atoms with Gasteiger partial charge in [0.2, 0.25) is 5.96 Å². The van der Waals surface area contributed by atoms with Gasteiger partial charge in [-0.1, -0.05) is 12.6 Å². The van der Waals surface area contributed by atoms with Gasteiger partial charge in [0.1, 0.15) is 5.71 Å². The smallest absolute Gasteiger partial charge is 0.335 e. The summed E-state index contributed by atoms with van der Waals surface area (Å²) in [4.78, 5) is 27.5. The summed E-state index contributed by atoms with van der Waals surface area (Å²) in [5, 5.41) is 15.9. The molecule has 0 bridgehead atoms. The van der Waals surface area contributed by atoms with Crippen molar-refractivity contribution in [2.24, 2.45) is 15.0 Å². The maximum Gasteiger partial charge on any atom is 0.335 e. The first kappa shape index (κ1) is 21.2. The fraction of sp³-hybridized carbons (Fsp3) is 0.455. The van der Waals surface area contributed by atoms with E-state index in [1.54, 1.807) is 25.2 Å². The number of hydrogen-bond donors (Lipinski definition) is 3. The number of carboxylic acid groups (broad SMARTS) is 1. The molecule has 2 aliphatic heterocycles. The minimum Gasteiger partial charge on any atom is -0.478 e. The van der Waals surface area contributed by atoms with Crippen molar-refractivity contribution in [2.75, 3.05) is 51.8 Å². The van der Waals surface area contributed by atoms with Crippen molar-refractivity contribution in [3.63, 3.8) is 0 Å². The van der Waals surface area contributed by atoms with Gasteiger partial charge >= 0.3 is 5.97 Å². The zero-order valence-electron chi connectivity index (χ0n) is 17.7. The quantitative estimate of drug-likeness (QED) is 0.490. The van der Waals surface area contributed by atoms with Crippen molar-refractivity contribution in [3.8, 4) is 0 Å². The molecule has 9 nitrogen and oxygen atoms in total. The summed E-state index contributed by atoms with van der Waals surface area (Å²) in [7, 11) is 1.70. The number of aliphatic imine (C=N–C) groups is 3. The molecule has 1 aromatic rings. The van der Waals surface area contributed by atoms with Crippen molar-refractivity contribution in [1.82, 2.24) is 10.2 Å². The highest BCUT2D eigenvalue weighted by molar-refractivity contribution is 6.63. The van der Waals surface area contributed by atoms with E-state index < -0.39 is 5.97 Å². The van der Waals surface area contributed by atoms with Crippen LogP contribution in [0, 0.1) is 0 Å². The summed E-state index contributed by atoms with van der Waals surface area (Å²) in [6.45, 7) is 9.24. The molecule has 1 aromatic carbocycles. The Hall–Kier alpha value is -3.04. The molecular weight excluding hydrogens is 396 g/mol. The Labute approximate surface area is 181 Å². The summed E-state index contributed by atoms with van der Waals surface area (Å²) >= 11 is 0. The molecule has 4 rings (SSSR count). The molecule has 2 fully saturated rings. The molecule has 164 valence electrons. The van der Waals surface area contributed by atoms with Crippen molar-refractivity contribution in [2.45, 2.75) is 18.9 Å². The summed E-state index contributed by atoms with van der Waals surface area (Å²) in [5.41, 5.74) is 3.02. The van der Waals surface area contributed by atoms with Crippen LogP contribution in [0.4, 0.5) is 5.69 Å². The number of carboxylic acids is 1. The Kier molecular flexibility index (Phi) is 6.43. The molecule has 3 N–H and O–H groups in total. The number of morpholine rings is 1. The maximum absolute atomic E-state index is 11.4. The van der Waals surface area contributed by atoms with Gasteiger partial charge in [-0.15, -0.1) is 0 Å². The molecule has 0 spiro atoms. The average Bonchev–Trinajstić information content (AvgIpc) is 3.59. The van der Waals surface area contributed by atoms with Crippen LogP contribution in [0.5, 0.6) is 0 Å². The summed E-state index contributed by atoms with van der Waals surface area (Å²) in [6.07, 6.45) is 2.08. The minimum atomic E-state index is -0.972. The number of amidine groups is 1. The predicted molar refractivity (Wildman–Crippen MR) is 123 cm³/mol. The number of fused-ring (bicyclic) bond motifs is 1. The van der Waals surface area contributed by atoms with Crippen LogP contribution in [-0.2, 0) is 4.74 Å². The Balaban J connectivity index is 1.54. The van der Waals surface area contributed by atoms with E-state index in [4.69, 9.17) is 14.7 Å². The number of hydrogen-bond acceptors (Lipinski definition) is 5. The molecule has 3 aliphatic rings. The lowest BCUT2D eigenvalue weighted by Crippen LogP contribution is -2.41. The van der Waals surface area contributed by atoms with Crippen LogP contribution in [0.25, 0.3) is 5.57 Å². The number of aromatic carboxylic acids is 1. The van der Waals surface area contributed by atoms with Gasteiger partial charge in [-0.05, 0) is 25.0 Å². The second-order valence-corrected chi connectivity index (χ2v) is 7.77. The highest BCUT2D eigenvalue weighted by atomic mass is 16.5. The Morgan fingerprint density at radius 3 is 2.81 bits per heavy atom. The van der Waals surface area contributed by atoms with Crippen molar-refractivity contribution in [3.05, 3.63) is 35.9 Å². The third-order valence-corrected chi connectivity index (χ3v) is 5.46. The zero-order chi connectivity index (χ0) is 21.8. The van der Waals surface area contributed by atoms with E-state index in [1.807, 2.05) is 0 Å². The van der Waals surface area contributed by atoms with Crippen molar-refractivity contribution >= 4 is 34.7 Å². The van der Waals surface area contributed by atoms with Crippen LogP contribution in [0.2, 0.25) is 0 Å². The molecule has 31 heavy (non-hydrogen) atoms. The van der Waals surface area contributed by atoms with E-state index in [-0.39, 0.29) is 11.6 Å². The van der Waals surface area contributed by atoms with E-state index in [9.17, 15) is 9.90 Å². The van der Waals surface area contributed by atoms with Crippen LogP contribution in [0.15, 0.2) is 39.8 Å². The Morgan fingerprint density at radius 1 is 1.35 bits per heavy atom. The predicted octanol–water partition coefficient (Wildman–Crippen LogP) is 1.73. The molecule has 2 heterocycles. The van der Waals surface area contributed by atoms with Crippen LogP contribution in [0.3, 0.4) is 0 Å². The fourth-order valence-electron chi connectivity index (χ4n) is 3.53. The van der Waals surface area contributed by atoms with Gasteiger partial charge in [-0.25, -0.2) is 9.79 Å².